The number of aromatic nitrogens is 3. The third-order valence-corrected chi connectivity index (χ3v) is 8.34. The van der Waals surface area contributed by atoms with Crippen molar-refractivity contribution < 1.29 is 22.3 Å². The van der Waals surface area contributed by atoms with Crippen molar-refractivity contribution in [3.63, 3.8) is 0 Å². The second-order valence-electron chi connectivity index (χ2n) is 9.26. The predicted molar refractivity (Wildman–Crippen MR) is 156 cm³/mol. The Morgan fingerprint density at radius 2 is 2.00 bits per heavy atom. The Kier molecular flexibility index (Phi) is 8.91. The van der Waals surface area contributed by atoms with E-state index >= 15 is 0 Å². The predicted octanol–water partition coefficient (Wildman–Crippen LogP) is 7.13. The molecule has 0 aliphatic carbocycles. The highest BCUT2D eigenvalue weighted by Gasteiger charge is 2.42. The minimum absolute atomic E-state index is 0.0753. The molecule has 214 valence electrons. The summed E-state index contributed by atoms with van der Waals surface area (Å²) in [5, 5.41) is 13.3. The van der Waals surface area contributed by atoms with Gasteiger partial charge in [0, 0.05) is 30.1 Å². The molecule has 1 saturated heterocycles. The molecule has 1 N–H and O–H groups in total. The number of thiazole rings is 1. The first-order chi connectivity index (χ1) is 19.8. The number of rotatable bonds is 9. The maximum absolute atomic E-state index is 14.9. The Morgan fingerprint density at radius 1 is 1.17 bits per heavy atom. The van der Waals surface area contributed by atoms with Gasteiger partial charge in [-0.25, -0.2) is 14.4 Å². The summed E-state index contributed by atoms with van der Waals surface area (Å²) < 4.78 is 64.7. The van der Waals surface area contributed by atoms with Gasteiger partial charge in [0.25, 0.3) is 0 Å². The zero-order chi connectivity index (χ0) is 29.0. The Labute approximate surface area is 240 Å². The second-order valence-corrected chi connectivity index (χ2v) is 11.1. The summed E-state index contributed by atoms with van der Waals surface area (Å²) in [7, 11) is 1.92. The molecule has 13 heteroatoms. The van der Waals surface area contributed by atoms with Crippen molar-refractivity contribution >= 4 is 36.7 Å². The Hall–Kier alpha value is -3.47. The van der Waals surface area contributed by atoms with Crippen LogP contribution in [0.4, 0.5) is 28.9 Å². The number of hydrogen-bond donors (Lipinski definition) is 1. The summed E-state index contributed by atoms with van der Waals surface area (Å²) in [5.74, 6) is -1.52. The smallest absolute Gasteiger partial charge is 0.422 e. The van der Waals surface area contributed by atoms with Crippen LogP contribution in [0.2, 0.25) is 0 Å². The Balaban J connectivity index is 1.66. The van der Waals surface area contributed by atoms with E-state index in [9.17, 15) is 17.6 Å². The van der Waals surface area contributed by atoms with E-state index in [0.717, 1.165) is 24.5 Å². The lowest BCUT2D eigenvalue weighted by Gasteiger charge is -2.31. The lowest BCUT2D eigenvalue weighted by Crippen LogP contribution is -2.38. The van der Waals surface area contributed by atoms with Gasteiger partial charge in [-0.05, 0) is 56.9 Å². The highest BCUT2D eigenvalue weighted by molar-refractivity contribution is 7.58. The summed E-state index contributed by atoms with van der Waals surface area (Å²) in [5.41, 5.74) is 1.04. The molecule has 0 radical (unpaired) electrons. The fraction of sp³-hybridized carbons (Fsp3) is 0.286. The molecular weight excluding hydrogens is 575 g/mol. The number of para-hydroxylation sites is 1. The zero-order valence-corrected chi connectivity index (χ0v) is 24.1. The zero-order valence-electron chi connectivity index (χ0n) is 22.2. The van der Waals surface area contributed by atoms with Crippen molar-refractivity contribution in [2.45, 2.75) is 25.1 Å². The van der Waals surface area contributed by atoms with E-state index in [1.54, 1.807) is 30.4 Å². The van der Waals surface area contributed by atoms with Gasteiger partial charge in [0.15, 0.2) is 11.6 Å². The molecule has 0 saturated carbocycles. The lowest BCUT2D eigenvalue weighted by atomic mass is 10.1. The molecule has 2 atom stereocenters. The number of aliphatic imine (C=N–C) groups is 1. The average molecular weight is 603 g/mol. The third kappa shape index (κ3) is 6.39. The van der Waals surface area contributed by atoms with Crippen LogP contribution in [0.25, 0.3) is 10.6 Å². The van der Waals surface area contributed by atoms with Gasteiger partial charge in [-0.2, -0.15) is 23.4 Å². The number of benzene rings is 2. The molecule has 4 aromatic rings. The molecular formula is C28H27F4N6OPS. The SMILES string of the molecule is CNC[C@H]1CCCN1c1c(N=C(PC)c2csc(-c3ccnnc3)n2)ccc(Oc2ccccc2F)c1C(F)(F)F. The van der Waals surface area contributed by atoms with Crippen LogP contribution in [0, 0.1) is 5.82 Å². The van der Waals surface area contributed by atoms with Crippen LogP contribution in [0.3, 0.4) is 0 Å². The molecule has 0 spiro atoms. The normalized spacial score (nSPS) is 16.2. The van der Waals surface area contributed by atoms with Gasteiger partial charge < -0.3 is 15.0 Å². The molecule has 41 heavy (non-hydrogen) atoms. The van der Waals surface area contributed by atoms with Crippen molar-refractivity contribution in [1.29, 1.82) is 0 Å². The van der Waals surface area contributed by atoms with Crippen LogP contribution in [0.1, 0.15) is 24.1 Å². The lowest BCUT2D eigenvalue weighted by molar-refractivity contribution is -0.138. The monoisotopic (exact) mass is 602 g/mol. The summed E-state index contributed by atoms with van der Waals surface area (Å²) >= 11 is 1.40. The minimum atomic E-state index is -4.80. The molecule has 5 rings (SSSR count). The molecule has 1 unspecified atom stereocenters. The minimum Gasteiger partial charge on any atom is -0.454 e. The highest BCUT2D eigenvalue weighted by atomic mass is 32.1. The summed E-state index contributed by atoms with van der Waals surface area (Å²) in [6, 6.07) is 9.73. The van der Waals surface area contributed by atoms with Crippen LogP contribution in [-0.2, 0) is 6.18 Å². The maximum Gasteiger partial charge on any atom is 0.422 e. The standard InChI is InChI=1S/C28H27F4N6OPS/c1-33-15-18-6-5-13-38(18)25-20(36-26(40-2)21-16-41-27(37-21)17-11-12-34-35-14-17)9-10-23(24(25)28(30,31)32)39-22-8-4-3-7-19(22)29/h3-4,7-12,14,16,18,33,40H,5-6,13,15H2,1-2H3/t18-/m1/s1. The summed E-state index contributed by atoms with van der Waals surface area (Å²) in [6.45, 7) is 2.82. The number of hydrogen-bond acceptors (Lipinski definition) is 8. The van der Waals surface area contributed by atoms with Gasteiger partial charge in [0.1, 0.15) is 22.0 Å². The molecule has 7 nitrogen and oxygen atoms in total. The second kappa shape index (κ2) is 12.6. The van der Waals surface area contributed by atoms with Gasteiger partial charge in [0.05, 0.1) is 29.2 Å². The van der Waals surface area contributed by atoms with E-state index in [0.29, 0.717) is 29.2 Å². The Bertz CT molecular complexity index is 1530. The number of likely N-dealkylation sites (N-methyl/N-ethyl adjacent to an activating group) is 1. The van der Waals surface area contributed by atoms with Gasteiger partial charge in [-0.15, -0.1) is 11.3 Å². The van der Waals surface area contributed by atoms with E-state index in [1.807, 2.05) is 12.0 Å². The van der Waals surface area contributed by atoms with Gasteiger partial charge >= 0.3 is 6.18 Å². The van der Waals surface area contributed by atoms with E-state index < -0.39 is 23.3 Å². The van der Waals surface area contributed by atoms with E-state index in [-0.39, 0.29) is 31.7 Å². The molecule has 2 aromatic heterocycles. The van der Waals surface area contributed by atoms with Crippen molar-refractivity contribution in [1.82, 2.24) is 20.5 Å². The first kappa shape index (κ1) is 29.0. The van der Waals surface area contributed by atoms with E-state index in [1.165, 1.54) is 41.7 Å². The Morgan fingerprint density at radius 3 is 2.71 bits per heavy atom. The highest BCUT2D eigenvalue weighted by Crippen LogP contribution is 2.50. The summed E-state index contributed by atoms with van der Waals surface area (Å²) in [6.07, 6.45) is -0.184. The third-order valence-electron chi connectivity index (χ3n) is 6.61. The first-order valence-electron chi connectivity index (χ1n) is 12.9. The van der Waals surface area contributed by atoms with Crippen molar-refractivity contribution in [2.75, 3.05) is 31.7 Å². The number of anilines is 1. The summed E-state index contributed by atoms with van der Waals surface area (Å²) in [4.78, 5) is 11.2. The van der Waals surface area contributed by atoms with Crippen LogP contribution in [0.5, 0.6) is 11.5 Å². The number of halogens is 4. The molecule has 3 heterocycles. The quantitative estimate of drug-likeness (QED) is 0.125. The van der Waals surface area contributed by atoms with Crippen LogP contribution >= 0.6 is 19.9 Å². The van der Waals surface area contributed by atoms with Gasteiger partial charge in [-0.3, -0.25) is 0 Å². The molecule has 2 aromatic carbocycles. The van der Waals surface area contributed by atoms with Crippen LogP contribution in [0.15, 0.2) is 65.2 Å². The number of ether oxygens (including phenoxy) is 1. The molecule has 1 aliphatic rings. The molecule has 1 aliphatic heterocycles. The van der Waals surface area contributed by atoms with Gasteiger partial charge in [0.2, 0.25) is 0 Å². The number of alkyl halides is 3. The molecule has 1 fully saturated rings. The average Bonchev–Trinajstić information content (AvgIpc) is 3.64. The van der Waals surface area contributed by atoms with Crippen molar-refractivity contribution in [2.24, 2.45) is 4.99 Å². The number of nitrogens with one attached hydrogen (secondary N) is 1. The molecule has 0 amide bonds. The maximum atomic E-state index is 14.9. The topological polar surface area (TPSA) is 75.5 Å². The largest absolute Gasteiger partial charge is 0.454 e. The van der Waals surface area contributed by atoms with Crippen molar-refractivity contribution in [3.05, 3.63) is 77.3 Å². The van der Waals surface area contributed by atoms with E-state index in [4.69, 9.17) is 9.73 Å². The molecule has 0 bridgehead atoms. The fourth-order valence-electron chi connectivity index (χ4n) is 4.82. The number of nitrogens with zero attached hydrogens (tertiary/aromatic N) is 5. The van der Waals surface area contributed by atoms with Crippen LogP contribution in [-0.4, -0.2) is 53.5 Å². The fourth-order valence-corrected chi connectivity index (χ4v) is 6.34. The van der Waals surface area contributed by atoms with Gasteiger partial charge in [-0.1, -0.05) is 20.7 Å². The van der Waals surface area contributed by atoms with E-state index in [2.05, 4.69) is 20.5 Å². The first-order valence-corrected chi connectivity index (χ1v) is 15.2. The van der Waals surface area contributed by atoms with Crippen LogP contribution < -0.4 is 15.0 Å². The van der Waals surface area contributed by atoms with Crippen molar-refractivity contribution in [3.8, 4) is 22.1 Å².